The Morgan fingerprint density at radius 1 is 1.37 bits per heavy atom. The van der Waals surface area contributed by atoms with Crippen LogP contribution in [0.15, 0.2) is 42.2 Å². The lowest BCUT2D eigenvalue weighted by molar-refractivity contribution is -0.118. The lowest BCUT2D eigenvalue weighted by Crippen LogP contribution is -2.22. The molecule has 148 valence electrons. The highest BCUT2D eigenvalue weighted by Gasteiger charge is 2.33. The Hall–Kier alpha value is -2.63. The highest BCUT2D eigenvalue weighted by Crippen LogP contribution is 2.36. The van der Waals surface area contributed by atoms with Crippen LogP contribution in [-0.2, 0) is 11.3 Å². The number of halogens is 1. The van der Waals surface area contributed by atoms with Crippen molar-refractivity contribution in [2.24, 2.45) is 11.7 Å². The highest BCUT2D eigenvalue weighted by atomic mass is 19.1. The van der Waals surface area contributed by atoms with Gasteiger partial charge < -0.3 is 15.7 Å². The van der Waals surface area contributed by atoms with Gasteiger partial charge in [0, 0.05) is 48.6 Å². The predicted molar refractivity (Wildman–Crippen MR) is 107 cm³/mol. The molecule has 0 spiro atoms. The lowest BCUT2D eigenvalue weighted by atomic mass is 9.96. The summed E-state index contributed by atoms with van der Waals surface area (Å²) in [4.78, 5) is 17.8. The molecule has 1 amide bonds. The molecule has 0 saturated carbocycles. The maximum Gasteiger partial charge on any atom is 0.218 e. The van der Waals surface area contributed by atoms with Crippen molar-refractivity contribution < 1.29 is 14.3 Å². The summed E-state index contributed by atoms with van der Waals surface area (Å²) in [6.45, 7) is 17.4. The number of likely N-dealkylation sites (tertiary alicyclic amines) is 1. The van der Waals surface area contributed by atoms with Gasteiger partial charge in [-0.25, -0.2) is 4.39 Å². The third-order valence-electron chi connectivity index (χ3n) is 4.74. The molecule has 1 atom stereocenters. The molecule has 1 aromatic heterocycles. The van der Waals surface area contributed by atoms with Crippen molar-refractivity contribution in [2.75, 3.05) is 6.54 Å². The maximum atomic E-state index is 11.3. The van der Waals surface area contributed by atoms with E-state index in [0.29, 0.717) is 13.1 Å². The second kappa shape index (κ2) is 9.35. The van der Waals surface area contributed by atoms with E-state index >= 15 is 0 Å². The molecule has 3 N–H and O–H groups in total. The largest absolute Gasteiger partial charge is 0.512 e. The number of hydrogen-bond donors (Lipinski definition) is 2. The van der Waals surface area contributed by atoms with E-state index in [0.717, 1.165) is 22.5 Å². The van der Waals surface area contributed by atoms with Gasteiger partial charge in [0.2, 0.25) is 5.91 Å². The van der Waals surface area contributed by atoms with Crippen molar-refractivity contribution in [3.8, 4) is 0 Å². The number of allylic oxidation sites excluding steroid dienone is 3. The molecule has 5 nitrogen and oxygen atoms in total. The van der Waals surface area contributed by atoms with Gasteiger partial charge in [0.15, 0.2) is 0 Å². The molecule has 1 aromatic rings. The van der Waals surface area contributed by atoms with Crippen LogP contribution in [-0.4, -0.2) is 27.4 Å². The number of rotatable bonds is 4. The SMILES string of the molecule is C=C(C)F.C=C1/C(=C(\C)O)C(CC(N)=O)CN1Cc1cnc(C)c(C)c1C. The standard InChI is InChI=1S/C18H25N3O2.C3H5F/c1-10-11(2)16(7-20-12(10)3)9-21-8-15(6-17(19)23)18(13(21)4)14(5)22;1-3(2)4/h7,15,22H,4,6,8-9H2,1-3,5H3,(H2,19,23);1H2,2H3/b18-14-;. The Kier molecular flexibility index (Phi) is 7.76. The molecular weight excluding hydrogens is 345 g/mol. The molecule has 2 rings (SSSR count). The first-order valence-corrected chi connectivity index (χ1v) is 8.80. The van der Waals surface area contributed by atoms with E-state index < -0.39 is 0 Å². The monoisotopic (exact) mass is 375 g/mol. The number of amides is 1. The van der Waals surface area contributed by atoms with E-state index in [1.54, 1.807) is 6.92 Å². The Bertz CT molecular complexity index is 776. The Labute approximate surface area is 161 Å². The Morgan fingerprint density at radius 3 is 2.41 bits per heavy atom. The normalized spacial score (nSPS) is 18.1. The minimum Gasteiger partial charge on any atom is -0.512 e. The molecule has 0 bridgehead atoms. The van der Waals surface area contributed by atoms with Crippen LogP contribution < -0.4 is 5.73 Å². The van der Waals surface area contributed by atoms with Gasteiger partial charge in [0.1, 0.15) is 0 Å². The number of aromatic nitrogens is 1. The molecule has 6 heteroatoms. The molecule has 0 radical (unpaired) electrons. The fourth-order valence-corrected chi connectivity index (χ4v) is 3.19. The topological polar surface area (TPSA) is 79.5 Å². The van der Waals surface area contributed by atoms with Gasteiger partial charge in [-0.2, -0.15) is 0 Å². The summed E-state index contributed by atoms with van der Waals surface area (Å²) >= 11 is 0. The Balaban J connectivity index is 0.000000828. The van der Waals surface area contributed by atoms with Crippen LogP contribution in [0.5, 0.6) is 0 Å². The zero-order valence-corrected chi connectivity index (χ0v) is 16.9. The molecule has 27 heavy (non-hydrogen) atoms. The van der Waals surface area contributed by atoms with Crippen molar-refractivity contribution in [3.05, 3.63) is 64.6 Å². The third-order valence-corrected chi connectivity index (χ3v) is 4.74. The van der Waals surface area contributed by atoms with Gasteiger partial charge >= 0.3 is 0 Å². The van der Waals surface area contributed by atoms with Crippen LogP contribution in [0.3, 0.4) is 0 Å². The number of aryl methyl sites for hydroxylation is 1. The molecule has 1 saturated heterocycles. The second-order valence-corrected chi connectivity index (χ2v) is 6.99. The number of aliphatic hydroxyl groups is 1. The number of hydrogen-bond acceptors (Lipinski definition) is 4. The smallest absolute Gasteiger partial charge is 0.218 e. The first-order valence-electron chi connectivity index (χ1n) is 8.80. The van der Waals surface area contributed by atoms with Crippen molar-refractivity contribution in [3.63, 3.8) is 0 Å². The number of carbonyl (C=O) groups is 1. The van der Waals surface area contributed by atoms with Crippen LogP contribution in [0.1, 0.15) is 42.7 Å². The number of aliphatic hydroxyl groups excluding tert-OH is 1. The quantitative estimate of drug-likeness (QED) is 0.775. The van der Waals surface area contributed by atoms with E-state index in [1.165, 1.54) is 18.1 Å². The van der Waals surface area contributed by atoms with Gasteiger partial charge in [-0.3, -0.25) is 9.78 Å². The fraction of sp³-hybridized carbons (Fsp3) is 0.429. The summed E-state index contributed by atoms with van der Waals surface area (Å²) in [5.41, 5.74) is 11.4. The molecule has 0 aliphatic carbocycles. The first-order chi connectivity index (χ1) is 12.5. The minimum atomic E-state index is -0.368. The molecular formula is C21H30FN3O2. The molecule has 1 fully saturated rings. The number of nitrogens with two attached hydrogens (primary N) is 1. The van der Waals surface area contributed by atoms with Crippen LogP contribution in [0.4, 0.5) is 4.39 Å². The molecule has 1 aliphatic heterocycles. The minimum absolute atomic E-state index is 0.107. The van der Waals surface area contributed by atoms with Crippen molar-refractivity contribution in [1.82, 2.24) is 9.88 Å². The third kappa shape index (κ3) is 5.94. The van der Waals surface area contributed by atoms with E-state index in [-0.39, 0.29) is 29.8 Å². The number of pyridine rings is 1. The Morgan fingerprint density at radius 2 is 1.93 bits per heavy atom. The molecule has 1 unspecified atom stereocenters. The average molecular weight is 375 g/mol. The van der Waals surface area contributed by atoms with E-state index in [2.05, 4.69) is 36.9 Å². The maximum absolute atomic E-state index is 11.3. The number of nitrogens with zero attached hydrogens (tertiary/aromatic N) is 2. The number of carbonyl (C=O) groups excluding carboxylic acids is 1. The highest BCUT2D eigenvalue weighted by molar-refractivity contribution is 5.75. The van der Waals surface area contributed by atoms with Gasteiger partial charge in [0.05, 0.1) is 11.6 Å². The van der Waals surface area contributed by atoms with Crippen molar-refractivity contribution >= 4 is 5.91 Å². The average Bonchev–Trinajstić information content (AvgIpc) is 2.82. The van der Waals surface area contributed by atoms with Crippen molar-refractivity contribution in [2.45, 2.75) is 47.6 Å². The van der Waals surface area contributed by atoms with Gasteiger partial charge in [0.25, 0.3) is 0 Å². The zero-order chi connectivity index (χ0) is 20.9. The van der Waals surface area contributed by atoms with Gasteiger partial charge in [-0.05, 0) is 51.3 Å². The predicted octanol–water partition coefficient (Wildman–Crippen LogP) is 4.15. The van der Waals surface area contributed by atoms with Crippen LogP contribution in [0.25, 0.3) is 0 Å². The fourth-order valence-electron chi connectivity index (χ4n) is 3.19. The van der Waals surface area contributed by atoms with Crippen LogP contribution in [0, 0.1) is 26.7 Å². The molecule has 1 aliphatic rings. The van der Waals surface area contributed by atoms with Gasteiger partial charge in [-0.1, -0.05) is 13.2 Å². The summed E-state index contributed by atoms with van der Waals surface area (Å²) in [6.07, 6.45) is 2.11. The van der Waals surface area contributed by atoms with E-state index in [1.807, 2.05) is 13.1 Å². The zero-order valence-electron chi connectivity index (χ0n) is 16.9. The van der Waals surface area contributed by atoms with Crippen molar-refractivity contribution in [1.29, 1.82) is 0 Å². The number of primary amides is 1. The van der Waals surface area contributed by atoms with E-state index in [9.17, 15) is 14.3 Å². The van der Waals surface area contributed by atoms with Crippen LogP contribution in [0.2, 0.25) is 0 Å². The first kappa shape index (κ1) is 22.4. The van der Waals surface area contributed by atoms with Gasteiger partial charge in [-0.15, -0.1) is 0 Å². The lowest BCUT2D eigenvalue weighted by Gasteiger charge is -2.21. The summed E-state index contributed by atoms with van der Waals surface area (Å²) in [5.74, 6) is -0.601. The summed E-state index contributed by atoms with van der Waals surface area (Å²) in [7, 11) is 0. The summed E-state index contributed by atoms with van der Waals surface area (Å²) < 4.78 is 10.8. The van der Waals surface area contributed by atoms with E-state index in [4.69, 9.17) is 5.73 Å². The molecule has 0 aromatic carbocycles. The second-order valence-electron chi connectivity index (χ2n) is 6.99. The van der Waals surface area contributed by atoms with Crippen LogP contribution >= 0.6 is 0 Å². The summed E-state index contributed by atoms with van der Waals surface area (Å²) in [5, 5.41) is 9.95. The molecule has 2 heterocycles. The summed E-state index contributed by atoms with van der Waals surface area (Å²) in [6, 6.07) is 0.